The molecule has 0 aromatic heterocycles. The number of unbranched alkanes of at least 4 members (excludes halogenated alkanes) is 4. The van der Waals surface area contributed by atoms with Crippen LogP contribution < -0.4 is 0 Å². The minimum absolute atomic E-state index is 0.0451. The molecule has 0 rings (SSSR count). The van der Waals surface area contributed by atoms with Crippen molar-refractivity contribution in [1.82, 2.24) is 0 Å². The van der Waals surface area contributed by atoms with Crippen LogP contribution in [-0.4, -0.2) is 20.9 Å². The van der Waals surface area contributed by atoms with Crippen molar-refractivity contribution in [2.45, 2.75) is 71.1 Å². The van der Waals surface area contributed by atoms with Gasteiger partial charge in [0.05, 0.1) is 22.7 Å². The first-order valence-corrected chi connectivity index (χ1v) is 9.57. The number of allylic oxidation sites excluding steroid dienone is 6. The van der Waals surface area contributed by atoms with Gasteiger partial charge >= 0.3 is 5.97 Å². The Morgan fingerprint density at radius 2 is 1.46 bits per heavy atom. The first-order valence-electron chi connectivity index (χ1n) is 9.57. The van der Waals surface area contributed by atoms with Crippen LogP contribution in [0.1, 0.15) is 71.1 Å². The molecule has 0 fully saturated rings. The monoisotopic (exact) mass is 394 g/mol. The van der Waals surface area contributed by atoms with E-state index in [0.29, 0.717) is 25.7 Å². The number of carbonyl (C=O) groups is 1. The molecule has 8 nitrogen and oxygen atoms in total. The molecule has 156 valence electrons. The maximum Gasteiger partial charge on any atom is 0.303 e. The molecule has 0 aromatic rings. The minimum atomic E-state index is -0.859. The van der Waals surface area contributed by atoms with E-state index in [-0.39, 0.29) is 35.6 Å². The molecule has 0 amide bonds. The second kappa shape index (κ2) is 16.4. The molecule has 0 saturated heterocycles. The van der Waals surface area contributed by atoms with Gasteiger partial charge in [-0.05, 0) is 44.3 Å². The van der Waals surface area contributed by atoms with Gasteiger partial charge in [0.1, 0.15) is 0 Å². The molecular formula is C20H30N2O6. The van der Waals surface area contributed by atoms with Gasteiger partial charge < -0.3 is 5.11 Å². The van der Waals surface area contributed by atoms with Gasteiger partial charge in [-0.25, -0.2) is 0 Å². The molecule has 0 radical (unpaired) electrons. The lowest BCUT2D eigenvalue weighted by Gasteiger charge is -1.96. The van der Waals surface area contributed by atoms with Gasteiger partial charge in [0.15, 0.2) is 0 Å². The van der Waals surface area contributed by atoms with Crippen LogP contribution in [-0.2, 0) is 4.79 Å². The second-order valence-electron chi connectivity index (χ2n) is 6.27. The zero-order chi connectivity index (χ0) is 21.2. The molecule has 0 spiro atoms. The van der Waals surface area contributed by atoms with Crippen LogP contribution in [0.15, 0.2) is 47.9 Å². The number of nitrogens with zero attached hydrogens (tertiary/aromatic N) is 2. The Labute approximate surface area is 165 Å². The highest BCUT2D eigenvalue weighted by Gasteiger charge is 2.08. The van der Waals surface area contributed by atoms with E-state index >= 15 is 0 Å². The zero-order valence-corrected chi connectivity index (χ0v) is 16.4. The molecule has 28 heavy (non-hydrogen) atoms. The molecular weight excluding hydrogens is 364 g/mol. The van der Waals surface area contributed by atoms with Crippen LogP contribution in [0.5, 0.6) is 0 Å². The van der Waals surface area contributed by atoms with E-state index in [1.807, 2.05) is 0 Å². The number of hydrogen-bond acceptors (Lipinski definition) is 5. The lowest BCUT2D eigenvalue weighted by Crippen LogP contribution is -1.98. The highest BCUT2D eigenvalue weighted by molar-refractivity contribution is 5.66. The zero-order valence-electron chi connectivity index (χ0n) is 16.4. The van der Waals surface area contributed by atoms with E-state index in [9.17, 15) is 25.0 Å². The molecule has 0 aliphatic heterocycles. The fourth-order valence-corrected chi connectivity index (χ4v) is 2.33. The maximum atomic E-state index is 11.0. The standard InChI is InChI=1S/C20H30N2O6/c1-2-3-4-8-13-18(21(25)26)15-10-7-11-16-19(22(27)28)14-9-5-6-12-17-20(23)24/h5,7,9-10,13,16H,2-4,6,8,11-12,14-15,17H2,1H3,(H,23,24)/b9-5+,10-7+,18-13-,19-16-. The highest BCUT2D eigenvalue weighted by Crippen LogP contribution is 2.10. The summed E-state index contributed by atoms with van der Waals surface area (Å²) >= 11 is 0. The van der Waals surface area contributed by atoms with Crippen molar-refractivity contribution >= 4 is 5.97 Å². The topological polar surface area (TPSA) is 124 Å². The van der Waals surface area contributed by atoms with E-state index < -0.39 is 10.9 Å². The first-order chi connectivity index (χ1) is 13.4. The Balaban J connectivity index is 4.45. The molecule has 0 atom stereocenters. The summed E-state index contributed by atoms with van der Waals surface area (Å²) in [5.41, 5.74) is 0.193. The molecule has 8 heteroatoms. The number of carboxylic acids is 1. The van der Waals surface area contributed by atoms with Crippen molar-refractivity contribution in [2.24, 2.45) is 0 Å². The summed E-state index contributed by atoms with van der Waals surface area (Å²) in [4.78, 5) is 31.6. The molecule has 0 bridgehead atoms. The third kappa shape index (κ3) is 14.4. The normalized spacial score (nSPS) is 12.8. The van der Waals surface area contributed by atoms with Crippen molar-refractivity contribution < 1.29 is 19.7 Å². The Bertz CT molecular complexity index is 620. The van der Waals surface area contributed by atoms with Crippen molar-refractivity contribution in [3.63, 3.8) is 0 Å². The summed E-state index contributed by atoms with van der Waals surface area (Å²) in [7, 11) is 0. The summed E-state index contributed by atoms with van der Waals surface area (Å²) in [6.07, 6.45) is 15.4. The summed E-state index contributed by atoms with van der Waals surface area (Å²) in [5, 5.41) is 30.6. The van der Waals surface area contributed by atoms with E-state index in [1.54, 1.807) is 30.4 Å². The van der Waals surface area contributed by atoms with E-state index in [0.717, 1.165) is 19.3 Å². The van der Waals surface area contributed by atoms with Crippen molar-refractivity contribution in [3.05, 3.63) is 68.1 Å². The quantitative estimate of drug-likeness (QED) is 0.161. The van der Waals surface area contributed by atoms with Gasteiger partial charge in [-0.15, -0.1) is 0 Å². The number of rotatable bonds is 16. The van der Waals surface area contributed by atoms with Gasteiger partial charge in [0.2, 0.25) is 11.4 Å². The third-order valence-corrected chi connectivity index (χ3v) is 3.89. The summed E-state index contributed by atoms with van der Waals surface area (Å²) in [6, 6.07) is 0. The molecule has 0 unspecified atom stereocenters. The number of aliphatic carboxylic acids is 1. The van der Waals surface area contributed by atoms with Gasteiger partial charge in [-0.3, -0.25) is 25.0 Å². The summed E-state index contributed by atoms with van der Waals surface area (Å²) < 4.78 is 0. The van der Waals surface area contributed by atoms with Gasteiger partial charge in [-0.2, -0.15) is 0 Å². The Hall–Kier alpha value is -2.77. The number of hydrogen-bond donors (Lipinski definition) is 1. The van der Waals surface area contributed by atoms with Crippen LogP contribution >= 0.6 is 0 Å². The third-order valence-electron chi connectivity index (χ3n) is 3.89. The van der Waals surface area contributed by atoms with Crippen LogP contribution in [0.25, 0.3) is 0 Å². The molecule has 1 N–H and O–H groups in total. The van der Waals surface area contributed by atoms with Crippen molar-refractivity contribution in [2.75, 3.05) is 0 Å². The predicted molar refractivity (Wildman–Crippen MR) is 108 cm³/mol. The van der Waals surface area contributed by atoms with Gasteiger partial charge in [0, 0.05) is 6.42 Å². The highest BCUT2D eigenvalue weighted by atomic mass is 16.6. The first kappa shape index (κ1) is 25.2. The Morgan fingerprint density at radius 3 is 2.04 bits per heavy atom. The average molecular weight is 394 g/mol. The number of nitro groups is 2. The van der Waals surface area contributed by atoms with Crippen molar-refractivity contribution in [3.8, 4) is 0 Å². The Kier molecular flexibility index (Phi) is 14.8. The van der Waals surface area contributed by atoms with E-state index in [2.05, 4.69) is 6.92 Å². The SMILES string of the molecule is CCCCC/C=C(/C/C=C/C/C=C(/C/C=C/CCCC(=O)O)[N+](=O)[O-])[N+](=O)[O-]. The van der Waals surface area contributed by atoms with E-state index in [1.165, 1.54) is 6.08 Å². The lowest BCUT2D eigenvalue weighted by molar-refractivity contribution is -0.427. The molecule has 0 aliphatic carbocycles. The Morgan fingerprint density at radius 1 is 0.857 bits per heavy atom. The average Bonchev–Trinajstić information content (AvgIpc) is 2.63. The molecule has 0 saturated carbocycles. The maximum absolute atomic E-state index is 11.0. The van der Waals surface area contributed by atoms with Crippen LogP contribution in [0.4, 0.5) is 0 Å². The van der Waals surface area contributed by atoms with Crippen LogP contribution in [0.2, 0.25) is 0 Å². The molecule has 0 aromatic carbocycles. The predicted octanol–water partition coefficient (Wildman–Crippen LogP) is 5.43. The lowest BCUT2D eigenvalue weighted by atomic mass is 10.1. The van der Waals surface area contributed by atoms with Crippen LogP contribution in [0, 0.1) is 20.2 Å². The van der Waals surface area contributed by atoms with Gasteiger partial charge in [-0.1, -0.05) is 44.1 Å². The van der Waals surface area contributed by atoms with Crippen molar-refractivity contribution in [1.29, 1.82) is 0 Å². The smallest absolute Gasteiger partial charge is 0.303 e. The summed E-state index contributed by atoms with van der Waals surface area (Å²) in [5.74, 6) is -0.859. The fourth-order valence-electron chi connectivity index (χ4n) is 2.33. The van der Waals surface area contributed by atoms with E-state index in [4.69, 9.17) is 5.11 Å². The van der Waals surface area contributed by atoms with Gasteiger partial charge in [0.25, 0.3) is 0 Å². The minimum Gasteiger partial charge on any atom is -0.481 e. The second-order valence-corrected chi connectivity index (χ2v) is 6.27. The fraction of sp³-hybridized carbons (Fsp3) is 0.550. The largest absolute Gasteiger partial charge is 0.481 e. The van der Waals surface area contributed by atoms with Crippen LogP contribution in [0.3, 0.4) is 0 Å². The number of carboxylic acid groups (broad SMARTS) is 1. The molecule has 0 heterocycles. The molecule has 0 aliphatic rings. The summed E-state index contributed by atoms with van der Waals surface area (Å²) in [6.45, 7) is 2.07.